The van der Waals surface area contributed by atoms with Gasteiger partial charge in [-0.15, -0.1) is 10.2 Å². The molecule has 7 nitrogen and oxygen atoms in total. The molecule has 152 valence electrons. The number of amides is 1. The molecular formula is C24H19N5O2. The summed E-state index contributed by atoms with van der Waals surface area (Å²) in [6.07, 6.45) is 0. The van der Waals surface area contributed by atoms with Crippen LogP contribution in [-0.2, 0) is 6.54 Å². The number of carbonyl (C=O) groups is 1. The molecule has 2 aromatic heterocycles. The van der Waals surface area contributed by atoms with Crippen LogP contribution in [0.15, 0.2) is 78.9 Å². The van der Waals surface area contributed by atoms with E-state index in [1.807, 2.05) is 48.5 Å². The predicted molar refractivity (Wildman–Crippen MR) is 119 cm³/mol. The Bertz CT molecular complexity index is 1400. The molecule has 0 bridgehead atoms. The minimum atomic E-state index is -0.357. The monoisotopic (exact) mass is 409 g/mol. The fourth-order valence-electron chi connectivity index (χ4n) is 3.68. The Morgan fingerprint density at radius 1 is 0.935 bits per heavy atom. The Morgan fingerprint density at radius 3 is 2.52 bits per heavy atom. The number of aromatic nitrogens is 4. The van der Waals surface area contributed by atoms with Gasteiger partial charge in [0.25, 0.3) is 11.9 Å². The van der Waals surface area contributed by atoms with E-state index in [-0.39, 0.29) is 11.9 Å². The molecule has 31 heavy (non-hydrogen) atoms. The van der Waals surface area contributed by atoms with Gasteiger partial charge in [0.15, 0.2) is 5.65 Å². The number of benzene rings is 3. The number of hydrogen-bond acceptors (Lipinski definition) is 5. The van der Waals surface area contributed by atoms with Gasteiger partial charge in [0, 0.05) is 11.9 Å². The maximum atomic E-state index is 12.8. The molecule has 5 aromatic rings. The number of para-hydroxylation sites is 2. The summed E-state index contributed by atoms with van der Waals surface area (Å²) in [6.45, 7) is 0.628. The fraction of sp³-hybridized carbons (Fsp3) is 0.0833. The fourth-order valence-corrected chi connectivity index (χ4v) is 3.68. The molecule has 0 fully saturated rings. The van der Waals surface area contributed by atoms with E-state index in [9.17, 15) is 4.79 Å². The van der Waals surface area contributed by atoms with Crippen molar-refractivity contribution in [1.82, 2.24) is 19.7 Å². The van der Waals surface area contributed by atoms with E-state index in [0.717, 1.165) is 16.5 Å². The van der Waals surface area contributed by atoms with Crippen LogP contribution in [0.3, 0.4) is 0 Å². The van der Waals surface area contributed by atoms with Crippen molar-refractivity contribution in [2.75, 3.05) is 12.4 Å². The van der Waals surface area contributed by atoms with Crippen molar-refractivity contribution in [3.8, 4) is 5.75 Å². The van der Waals surface area contributed by atoms with Crippen LogP contribution in [0.4, 0.5) is 5.95 Å². The van der Waals surface area contributed by atoms with Gasteiger partial charge in [-0.2, -0.15) is 4.98 Å². The molecule has 0 saturated heterocycles. The van der Waals surface area contributed by atoms with E-state index in [1.54, 1.807) is 18.2 Å². The van der Waals surface area contributed by atoms with Crippen molar-refractivity contribution in [2.24, 2.45) is 0 Å². The topological polar surface area (TPSA) is 81.9 Å². The van der Waals surface area contributed by atoms with E-state index >= 15 is 0 Å². The van der Waals surface area contributed by atoms with Crippen molar-refractivity contribution in [1.29, 1.82) is 0 Å². The second-order valence-electron chi connectivity index (χ2n) is 7.05. The van der Waals surface area contributed by atoms with Crippen LogP contribution < -0.4 is 10.1 Å². The number of methoxy groups -OCH3 is 1. The van der Waals surface area contributed by atoms with Crippen molar-refractivity contribution in [3.05, 3.63) is 90.0 Å². The lowest BCUT2D eigenvalue weighted by atomic mass is 10.2. The SMILES string of the molecule is COc1ccccc1C(=O)Nc1nnc2c3ccccc3n(Cc3ccccc3)c2n1. The molecule has 0 unspecified atom stereocenters. The highest BCUT2D eigenvalue weighted by atomic mass is 16.5. The zero-order valence-corrected chi connectivity index (χ0v) is 16.8. The lowest BCUT2D eigenvalue weighted by molar-refractivity contribution is 0.102. The maximum Gasteiger partial charge on any atom is 0.261 e. The van der Waals surface area contributed by atoms with Crippen LogP contribution in [0.25, 0.3) is 22.1 Å². The average Bonchev–Trinajstić information content (AvgIpc) is 3.12. The third-order valence-electron chi connectivity index (χ3n) is 5.13. The molecule has 0 spiro atoms. The van der Waals surface area contributed by atoms with Crippen molar-refractivity contribution >= 4 is 33.9 Å². The van der Waals surface area contributed by atoms with E-state index in [4.69, 9.17) is 4.74 Å². The molecule has 1 amide bonds. The third-order valence-corrected chi connectivity index (χ3v) is 5.13. The predicted octanol–water partition coefficient (Wildman–Crippen LogP) is 4.29. The maximum absolute atomic E-state index is 12.8. The lowest BCUT2D eigenvalue weighted by Gasteiger charge is -2.09. The van der Waals surface area contributed by atoms with E-state index < -0.39 is 0 Å². The third kappa shape index (κ3) is 3.46. The van der Waals surface area contributed by atoms with Crippen LogP contribution in [0.2, 0.25) is 0 Å². The van der Waals surface area contributed by atoms with Crippen LogP contribution >= 0.6 is 0 Å². The second kappa shape index (κ2) is 7.87. The van der Waals surface area contributed by atoms with Crippen molar-refractivity contribution < 1.29 is 9.53 Å². The van der Waals surface area contributed by atoms with Gasteiger partial charge in [-0.05, 0) is 23.8 Å². The summed E-state index contributed by atoms with van der Waals surface area (Å²) in [5.74, 6) is 0.261. The first-order chi connectivity index (χ1) is 15.2. The molecule has 3 aromatic carbocycles. The first kappa shape index (κ1) is 18.7. The number of fused-ring (bicyclic) bond motifs is 3. The van der Waals surface area contributed by atoms with Gasteiger partial charge in [0.05, 0.1) is 18.2 Å². The van der Waals surface area contributed by atoms with Crippen molar-refractivity contribution in [3.63, 3.8) is 0 Å². The molecule has 2 heterocycles. The highest BCUT2D eigenvalue weighted by Gasteiger charge is 2.17. The van der Waals surface area contributed by atoms with E-state index in [2.05, 4.69) is 37.2 Å². The van der Waals surface area contributed by atoms with Crippen molar-refractivity contribution in [2.45, 2.75) is 6.54 Å². The van der Waals surface area contributed by atoms with Gasteiger partial charge in [-0.25, -0.2) is 0 Å². The highest BCUT2D eigenvalue weighted by molar-refractivity contribution is 6.07. The first-order valence-electron chi connectivity index (χ1n) is 9.84. The number of anilines is 1. The minimum absolute atomic E-state index is 0.139. The number of ether oxygens (including phenoxy) is 1. The summed E-state index contributed by atoms with van der Waals surface area (Å²) in [6, 6.07) is 25.1. The first-order valence-corrected chi connectivity index (χ1v) is 9.84. The Hall–Kier alpha value is -4.26. The Balaban J connectivity index is 1.58. The zero-order chi connectivity index (χ0) is 21.2. The largest absolute Gasteiger partial charge is 0.496 e. The number of rotatable bonds is 5. The second-order valence-corrected chi connectivity index (χ2v) is 7.05. The average molecular weight is 409 g/mol. The summed E-state index contributed by atoms with van der Waals surface area (Å²) in [5.41, 5.74) is 3.91. The van der Waals surface area contributed by atoms with Gasteiger partial charge in [0.2, 0.25) is 0 Å². The van der Waals surface area contributed by atoms with Crippen LogP contribution in [0.1, 0.15) is 15.9 Å². The molecular weight excluding hydrogens is 390 g/mol. The Morgan fingerprint density at radius 2 is 1.68 bits per heavy atom. The van der Waals surface area contributed by atoms with Crippen LogP contribution in [0, 0.1) is 0 Å². The van der Waals surface area contributed by atoms with Gasteiger partial charge < -0.3 is 9.30 Å². The Labute approximate surface area is 178 Å². The summed E-state index contributed by atoms with van der Waals surface area (Å²) in [4.78, 5) is 17.4. The van der Waals surface area contributed by atoms with Gasteiger partial charge in [-0.3, -0.25) is 10.1 Å². The molecule has 1 N–H and O–H groups in total. The molecule has 5 rings (SSSR count). The summed E-state index contributed by atoms with van der Waals surface area (Å²) in [5, 5.41) is 12.2. The highest BCUT2D eigenvalue weighted by Crippen LogP contribution is 2.27. The van der Waals surface area contributed by atoms with E-state index in [0.29, 0.717) is 29.0 Å². The van der Waals surface area contributed by atoms with Gasteiger partial charge >= 0.3 is 0 Å². The smallest absolute Gasteiger partial charge is 0.261 e. The summed E-state index contributed by atoms with van der Waals surface area (Å²) < 4.78 is 7.37. The number of hydrogen-bond donors (Lipinski definition) is 1. The van der Waals surface area contributed by atoms with Crippen LogP contribution in [0.5, 0.6) is 5.75 Å². The minimum Gasteiger partial charge on any atom is -0.496 e. The van der Waals surface area contributed by atoms with Gasteiger partial charge in [0.1, 0.15) is 11.3 Å². The molecule has 0 atom stereocenters. The molecule has 0 aliphatic heterocycles. The Kier molecular flexibility index (Phi) is 4.76. The molecule has 7 heteroatoms. The number of carbonyl (C=O) groups excluding carboxylic acids is 1. The standard InChI is InChI=1S/C24H19N5O2/c1-31-20-14-8-6-12-18(20)23(30)26-24-25-22-21(27-28-24)17-11-5-7-13-19(17)29(22)15-16-9-3-2-4-10-16/h2-14H,15H2,1H3,(H,25,26,28,30). The zero-order valence-electron chi connectivity index (χ0n) is 16.8. The molecule has 0 aliphatic rings. The van der Waals surface area contributed by atoms with Crippen LogP contribution in [-0.4, -0.2) is 32.8 Å². The number of nitrogens with one attached hydrogen (secondary N) is 1. The summed E-state index contributed by atoms with van der Waals surface area (Å²) in [7, 11) is 1.53. The van der Waals surface area contributed by atoms with Gasteiger partial charge in [-0.1, -0.05) is 60.7 Å². The normalized spacial score (nSPS) is 11.0. The molecule has 0 radical (unpaired) electrons. The quantitative estimate of drug-likeness (QED) is 0.468. The lowest BCUT2D eigenvalue weighted by Crippen LogP contribution is -2.16. The molecule has 0 saturated carbocycles. The van der Waals surface area contributed by atoms with E-state index in [1.165, 1.54) is 7.11 Å². The number of nitrogens with zero attached hydrogens (tertiary/aromatic N) is 4. The summed E-state index contributed by atoms with van der Waals surface area (Å²) >= 11 is 0. The molecule has 0 aliphatic carbocycles.